The average molecular weight is 218 g/mol. The zero-order valence-corrected chi connectivity index (χ0v) is 10.0. The van der Waals surface area contributed by atoms with Gasteiger partial charge >= 0.3 is 0 Å². The highest BCUT2D eigenvalue weighted by Crippen LogP contribution is 2.31. The van der Waals surface area contributed by atoms with Crippen LogP contribution in [0.1, 0.15) is 13.8 Å². The largest absolute Gasteiger partial charge is 0.252 e. The molecule has 78 valence electrons. The summed E-state index contributed by atoms with van der Waals surface area (Å²) in [6.07, 6.45) is 4.33. The lowest BCUT2D eigenvalue weighted by molar-refractivity contribution is 1.32. The van der Waals surface area contributed by atoms with Gasteiger partial charge in [0.15, 0.2) is 0 Å². The van der Waals surface area contributed by atoms with Crippen LogP contribution in [0, 0.1) is 0 Å². The van der Waals surface area contributed by atoms with Crippen molar-refractivity contribution in [2.24, 2.45) is 0 Å². The minimum absolute atomic E-state index is 0.0982. The van der Waals surface area contributed by atoms with E-state index < -0.39 is 0 Å². The Morgan fingerprint density at radius 3 is 2.40 bits per heavy atom. The second-order valence-electron chi connectivity index (χ2n) is 3.39. The van der Waals surface area contributed by atoms with Crippen LogP contribution >= 0.6 is 7.92 Å². The first-order valence-electron chi connectivity index (χ1n) is 5.32. The van der Waals surface area contributed by atoms with Crippen molar-refractivity contribution in [1.29, 1.82) is 0 Å². The summed E-state index contributed by atoms with van der Waals surface area (Å²) in [5, 5.41) is 0. The first-order chi connectivity index (χ1) is 7.35. The van der Waals surface area contributed by atoms with E-state index in [0.29, 0.717) is 0 Å². The van der Waals surface area contributed by atoms with Crippen molar-refractivity contribution in [1.82, 2.24) is 9.97 Å². The van der Waals surface area contributed by atoms with E-state index >= 15 is 0 Å². The lowest BCUT2D eigenvalue weighted by atomic mass is 10.3. The monoisotopic (exact) mass is 218 g/mol. The Morgan fingerprint density at radius 1 is 1.07 bits per heavy atom. The molecule has 0 fully saturated rings. The molecule has 3 heteroatoms. The van der Waals surface area contributed by atoms with E-state index in [1.54, 1.807) is 0 Å². The molecule has 0 aliphatic carbocycles. The maximum absolute atomic E-state index is 4.68. The van der Waals surface area contributed by atoms with E-state index in [9.17, 15) is 0 Å². The highest BCUT2D eigenvalue weighted by molar-refractivity contribution is 7.65. The molecule has 2 nitrogen and oxygen atoms in total. The molecule has 0 aliphatic heterocycles. The highest BCUT2D eigenvalue weighted by Gasteiger charge is 2.08. The van der Waals surface area contributed by atoms with Crippen LogP contribution in [0.3, 0.4) is 0 Å². The number of rotatable bonds is 3. The Balaban J connectivity index is 2.46. The molecule has 2 aromatic rings. The maximum atomic E-state index is 4.68. The summed E-state index contributed by atoms with van der Waals surface area (Å²) in [6.45, 7) is 4.46. The molecule has 1 aromatic heterocycles. The minimum Gasteiger partial charge on any atom is -0.252 e. The second kappa shape index (κ2) is 4.67. The quantitative estimate of drug-likeness (QED) is 0.740. The fourth-order valence-electron chi connectivity index (χ4n) is 1.65. The minimum atomic E-state index is -0.0982. The molecule has 0 unspecified atom stereocenters. The van der Waals surface area contributed by atoms with Gasteiger partial charge in [-0.05, 0) is 24.5 Å². The van der Waals surface area contributed by atoms with Crippen LogP contribution < -0.4 is 5.44 Å². The van der Waals surface area contributed by atoms with Crippen LogP contribution in [0.15, 0.2) is 30.5 Å². The average Bonchev–Trinajstić information content (AvgIpc) is 2.30. The van der Waals surface area contributed by atoms with Gasteiger partial charge in [-0.2, -0.15) is 0 Å². The summed E-state index contributed by atoms with van der Waals surface area (Å²) in [7, 11) is -0.0982. The normalized spacial score (nSPS) is 11.1. The van der Waals surface area contributed by atoms with E-state index in [1.807, 2.05) is 30.5 Å². The fraction of sp³-hybridized carbons (Fsp3) is 0.333. The Kier molecular flexibility index (Phi) is 3.27. The zero-order chi connectivity index (χ0) is 10.7. The molecule has 0 N–H and O–H groups in total. The lowest BCUT2D eigenvalue weighted by Crippen LogP contribution is -2.10. The standard InChI is InChI=1S/C12H15N2P/c1-3-15(4-2)12-9-13-10-7-5-6-8-11(10)14-12/h5-9H,3-4H2,1-2H3. The van der Waals surface area contributed by atoms with Crippen LogP contribution in [-0.4, -0.2) is 22.3 Å². The van der Waals surface area contributed by atoms with Gasteiger partial charge in [-0.25, -0.2) is 4.98 Å². The molecule has 0 bridgehead atoms. The van der Waals surface area contributed by atoms with Crippen molar-refractivity contribution >= 4 is 24.4 Å². The first kappa shape index (κ1) is 10.5. The van der Waals surface area contributed by atoms with Gasteiger partial charge in [0.05, 0.1) is 22.7 Å². The number of hydrogen-bond acceptors (Lipinski definition) is 2. The zero-order valence-electron chi connectivity index (χ0n) is 9.14. The number of hydrogen-bond donors (Lipinski definition) is 0. The molecule has 0 saturated heterocycles. The van der Waals surface area contributed by atoms with Crippen molar-refractivity contribution in [3.63, 3.8) is 0 Å². The third-order valence-corrected chi connectivity index (χ3v) is 4.91. The Labute approximate surface area is 91.5 Å². The Hall–Kier alpha value is -1.01. The van der Waals surface area contributed by atoms with Crippen LogP contribution in [0.2, 0.25) is 0 Å². The van der Waals surface area contributed by atoms with E-state index in [2.05, 4.69) is 23.8 Å². The molecular formula is C12H15N2P. The Morgan fingerprint density at radius 2 is 1.73 bits per heavy atom. The van der Waals surface area contributed by atoms with Crippen molar-refractivity contribution < 1.29 is 0 Å². The molecular weight excluding hydrogens is 203 g/mol. The predicted octanol–water partition coefficient (Wildman–Crippen LogP) is 2.78. The van der Waals surface area contributed by atoms with Crippen molar-refractivity contribution in [2.45, 2.75) is 13.8 Å². The lowest BCUT2D eigenvalue weighted by Gasteiger charge is -2.11. The van der Waals surface area contributed by atoms with Crippen molar-refractivity contribution in [3.8, 4) is 0 Å². The molecule has 0 radical (unpaired) electrons. The summed E-state index contributed by atoms with van der Waals surface area (Å²) < 4.78 is 0. The molecule has 2 rings (SSSR count). The molecule has 1 heterocycles. The number of aromatic nitrogens is 2. The maximum Gasteiger partial charge on any atom is 0.0894 e. The van der Waals surface area contributed by atoms with Gasteiger partial charge in [-0.3, -0.25) is 4.98 Å². The summed E-state index contributed by atoms with van der Waals surface area (Å²) in [5.74, 6) is 0. The molecule has 0 atom stereocenters. The van der Waals surface area contributed by atoms with E-state index in [-0.39, 0.29) is 7.92 Å². The number of fused-ring (bicyclic) bond motifs is 1. The van der Waals surface area contributed by atoms with Crippen molar-refractivity contribution in [3.05, 3.63) is 30.5 Å². The van der Waals surface area contributed by atoms with Crippen LogP contribution in [0.4, 0.5) is 0 Å². The summed E-state index contributed by atoms with van der Waals surface area (Å²) in [4.78, 5) is 9.14. The first-order valence-corrected chi connectivity index (χ1v) is 7.03. The third-order valence-electron chi connectivity index (χ3n) is 2.52. The smallest absolute Gasteiger partial charge is 0.0894 e. The number of nitrogens with zero attached hydrogens (tertiary/aromatic N) is 2. The van der Waals surface area contributed by atoms with Gasteiger partial charge in [-0.15, -0.1) is 0 Å². The molecule has 0 saturated carbocycles. The molecule has 1 aromatic carbocycles. The second-order valence-corrected chi connectivity index (χ2v) is 6.19. The van der Waals surface area contributed by atoms with Gasteiger partial charge in [0.1, 0.15) is 0 Å². The fourth-order valence-corrected chi connectivity index (χ4v) is 3.21. The molecule has 0 amide bonds. The van der Waals surface area contributed by atoms with Gasteiger partial charge in [0.25, 0.3) is 0 Å². The van der Waals surface area contributed by atoms with Gasteiger partial charge in [0, 0.05) is 0 Å². The number of para-hydroxylation sites is 2. The molecule has 15 heavy (non-hydrogen) atoms. The molecule has 0 aliphatic rings. The van der Waals surface area contributed by atoms with Gasteiger partial charge in [-0.1, -0.05) is 33.9 Å². The Bertz CT molecular complexity index is 452. The summed E-state index contributed by atoms with van der Waals surface area (Å²) >= 11 is 0. The van der Waals surface area contributed by atoms with E-state index in [4.69, 9.17) is 0 Å². The SMILES string of the molecule is CCP(CC)c1cnc2ccccc2n1. The van der Waals surface area contributed by atoms with Crippen LogP contribution in [0.25, 0.3) is 11.0 Å². The summed E-state index contributed by atoms with van der Waals surface area (Å²) in [5.41, 5.74) is 3.20. The van der Waals surface area contributed by atoms with E-state index in [0.717, 1.165) is 11.0 Å². The predicted molar refractivity (Wildman–Crippen MR) is 67.2 cm³/mol. The third kappa shape index (κ3) is 2.15. The number of benzene rings is 1. The van der Waals surface area contributed by atoms with E-state index in [1.165, 1.54) is 17.8 Å². The van der Waals surface area contributed by atoms with Crippen LogP contribution in [-0.2, 0) is 0 Å². The highest BCUT2D eigenvalue weighted by atomic mass is 31.1. The van der Waals surface area contributed by atoms with Crippen LogP contribution in [0.5, 0.6) is 0 Å². The van der Waals surface area contributed by atoms with Gasteiger partial charge in [0.2, 0.25) is 0 Å². The molecule has 0 spiro atoms. The van der Waals surface area contributed by atoms with Gasteiger partial charge < -0.3 is 0 Å². The summed E-state index contributed by atoms with van der Waals surface area (Å²) in [6, 6.07) is 8.05. The topological polar surface area (TPSA) is 25.8 Å². The van der Waals surface area contributed by atoms with Crippen molar-refractivity contribution in [2.75, 3.05) is 12.3 Å².